The van der Waals surface area contributed by atoms with Crippen LogP contribution in [0.1, 0.15) is 60.3 Å². The molecule has 7 heteroatoms. The van der Waals surface area contributed by atoms with Crippen LogP contribution in [0.5, 0.6) is 5.75 Å². The van der Waals surface area contributed by atoms with E-state index in [2.05, 4.69) is 9.97 Å². The van der Waals surface area contributed by atoms with E-state index in [4.69, 9.17) is 10.5 Å². The SMILES string of the molecule is C1CCCCC1.COc1ccc(F)c(F)c1C(=O)c1cnc(C)nc1N. The standard InChI is InChI=1S/C13H11F2N3O2.C6H12/c1-6-17-5-7(13(16)18-6)12(19)10-9(20-2)4-3-8(14)11(10)15;1-2-4-6-5-3-1/h3-5H,1-2H3,(H2,16,17,18);1-6H2. The molecule has 0 unspecified atom stereocenters. The number of aryl methyl sites for hydroxylation is 1. The highest BCUT2D eigenvalue weighted by Crippen LogP contribution is 2.27. The quantitative estimate of drug-likeness (QED) is 0.826. The Kier molecular flexibility index (Phi) is 7.00. The van der Waals surface area contributed by atoms with Gasteiger partial charge < -0.3 is 10.5 Å². The molecule has 140 valence electrons. The summed E-state index contributed by atoms with van der Waals surface area (Å²) in [5, 5.41) is 0. The molecule has 1 aromatic carbocycles. The van der Waals surface area contributed by atoms with E-state index in [0.29, 0.717) is 5.82 Å². The predicted molar refractivity (Wildman–Crippen MR) is 95.2 cm³/mol. The molecule has 0 amide bonds. The van der Waals surface area contributed by atoms with Crippen LogP contribution in [0.3, 0.4) is 0 Å². The number of anilines is 1. The Morgan fingerprint density at radius 2 is 1.69 bits per heavy atom. The van der Waals surface area contributed by atoms with E-state index in [-0.39, 0.29) is 17.1 Å². The zero-order valence-corrected chi connectivity index (χ0v) is 15.0. The van der Waals surface area contributed by atoms with Gasteiger partial charge in [-0.1, -0.05) is 38.5 Å². The number of halogens is 2. The minimum Gasteiger partial charge on any atom is -0.496 e. The van der Waals surface area contributed by atoms with Gasteiger partial charge in [0.15, 0.2) is 11.6 Å². The van der Waals surface area contributed by atoms with Gasteiger partial charge in [-0.15, -0.1) is 0 Å². The largest absolute Gasteiger partial charge is 0.496 e. The van der Waals surface area contributed by atoms with Crippen LogP contribution in [-0.4, -0.2) is 22.9 Å². The van der Waals surface area contributed by atoms with Crippen molar-refractivity contribution in [2.24, 2.45) is 0 Å². The number of rotatable bonds is 3. The highest BCUT2D eigenvalue weighted by atomic mass is 19.2. The third-order valence-corrected chi connectivity index (χ3v) is 4.19. The number of nitrogens with two attached hydrogens (primary N) is 1. The summed E-state index contributed by atoms with van der Waals surface area (Å²) in [6, 6.07) is 2.04. The van der Waals surface area contributed by atoms with Crippen molar-refractivity contribution in [2.45, 2.75) is 45.4 Å². The van der Waals surface area contributed by atoms with Crippen LogP contribution in [0.4, 0.5) is 14.6 Å². The van der Waals surface area contributed by atoms with Crippen molar-refractivity contribution in [3.05, 3.63) is 46.9 Å². The minimum absolute atomic E-state index is 0.0890. The van der Waals surface area contributed by atoms with E-state index in [1.165, 1.54) is 51.8 Å². The third kappa shape index (κ3) is 4.74. The lowest BCUT2D eigenvalue weighted by molar-refractivity contribution is 0.103. The maximum atomic E-state index is 13.8. The lowest BCUT2D eigenvalue weighted by Crippen LogP contribution is -2.12. The molecule has 1 fully saturated rings. The molecule has 0 bridgehead atoms. The van der Waals surface area contributed by atoms with Crippen LogP contribution in [0.2, 0.25) is 0 Å². The zero-order valence-electron chi connectivity index (χ0n) is 15.0. The van der Waals surface area contributed by atoms with Crippen molar-refractivity contribution < 1.29 is 18.3 Å². The summed E-state index contributed by atoms with van der Waals surface area (Å²) in [7, 11) is 1.25. The fraction of sp³-hybridized carbons (Fsp3) is 0.421. The molecule has 1 aromatic heterocycles. The molecule has 0 saturated heterocycles. The number of nitrogen functional groups attached to an aromatic ring is 1. The van der Waals surface area contributed by atoms with Gasteiger partial charge >= 0.3 is 0 Å². The molecule has 1 aliphatic carbocycles. The van der Waals surface area contributed by atoms with E-state index in [9.17, 15) is 13.6 Å². The van der Waals surface area contributed by atoms with Crippen molar-refractivity contribution in [1.29, 1.82) is 0 Å². The average Bonchev–Trinajstić information content (AvgIpc) is 2.65. The van der Waals surface area contributed by atoms with Gasteiger partial charge in [-0.25, -0.2) is 18.7 Å². The normalized spacial score (nSPS) is 13.5. The molecular weight excluding hydrogens is 340 g/mol. The number of carbonyl (C=O) groups is 1. The first-order chi connectivity index (χ1) is 12.5. The fourth-order valence-corrected chi connectivity index (χ4v) is 2.77. The molecule has 0 atom stereocenters. The van der Waals surface area contributed by atoms with Crippen LogP contribution < -0.4 is 10.5 Å². The second kappa shape index (κ2) is 9.22. The van der Waals surface area contributed by atoms with Crippen LogP contribution in [0, 0.1) is 18.6 Å². The number of ketones is 1. The number of hydrogen-bond acceptors (Lipinski definition) is 5. The topological polar surface area (TPSA) is 78.1 Å². The monoisotopic (exact) mass is 363 g/mol. The third-order valence-electron chi connectivity index (χ3n) is 4.19. The van der Waals surface area contributed by atoms with Gasteiger partial charge in [-0.3, -0.25) is 4.79 Å². The maximum Gasteiger partial charge on any atom is 0.205 e. The highest BCUT2D eigenvalue weighted by molar-refractivity contribution is 6.13. The summed E-state index contributed by atoms with van der Waals surface area (Å²) in [6.45, 7) is 1.59. The number of ether oxygens (including phenoxy) is 1. The summed E-state index contributed by atoms with van der Waals surface area (Å²) in [5.74, 6) is -3.11. The lowest BCUT2D eigenvalue weighted by atomic mass is 10.0. The van der Waals surface area contributed by atoms with Crippen molar-refractivity contribution in [1.82, 2.24) is 9.97 Å². The van der Waals surface area contributed by atoms with E-state index in [1.807, 2.05) is 0 Å². The van der Waals surface area contributed by atoms with Crippen LogP contribution in [0.15, 0.2) is 18.3 Å². The molecule has 0 radical (unpaired) electrons. The van der Waals surface area contributed by atoms with Gasteiger partial charge in [0.1, 0.15) is 23.0 Å². The first-order valence-electron chi connectivity index (χ1n) is 8.61. The summed E-state index contributed by atoms with van der Waals surface area (Å²) in [4.78, 5) is 19.9. The van der Waals surface area contributed by atoms with E-state index in [0.717, 1.165) is 12.1 Å². The predicted octanol–water partition coefficient (Wildman–Crippen LogP) is 4.23. The molecule has 1 aliphatic rings. The lowest BCUT2D eigenvalue weighted by Gasteiger charge is -2.10. The zero-order chi connectivity index (χ0) is 19.1. The Balaban J connectivity index is 0.000000342. The molecule has 1 heterocycles. The summed E-state index contributed by atoms with van der Waals surface area (Å²) in [5.41, 5.74) is 4.96. The molecule has 3 rings (SSSR count). The van der Waals surface area contributed by atoms with Gasteiger partial charge in [0.25, 0.3) is 0 Å². The second-order valence-electron chi connectivity index (χ2n) is 6.11. The smallest absolute Gasteiger partial charge is 0.205 e. The van der Waals surface area contributed by atoms with Crippen molar-refractivity contribution in [3.8, 4) is 5.75 Å². The number of carbonyl (C=O) groups excluding carboxylic acids is 1. The average molecular weight is 363 g/mol. The van der Waals surface area contributed by atoms with Crippen molar-refractivity contribution in [3.63, 3.8) is 0 Å². The van der Waals surface area contributed by atoms with Crippen LogP contribution in [-0.2, 0) is 0 Å². The molecule has 1 saturated carbocycles. The number of aromatic nitrogens is 2. The Bertz CT molecular complexity index is 766. The van der Waals surface area contributed by atoms with E-state index < -0.39 is 23.0 Å². The number of methoxy groups -OCH3 is 1. The fourth-order valence-electron chi connectivity index (χ4n) is 2.77. The van der Waals surface area contributed by atoms with E-state index in [1.54, 1.807) is 6.92 Å². The second-order valence-corrected chi connectivity index (χ2v) is 6.11. The van der Waals surface area contributed by atoms with Gasteiger partial charge in [-0.05, 0) is 19.1 Å². The molecular formula is C19H23F2N3O2. The maximum absolute atomic E-state index is 13.8. The molecule has 0 aliphatic heterocycles. The molecule has 26 heavy (non-hydrogen) atoms. The van der Waals surface area contributed by atoms with Crippen LogP contribution in [0.25, 0.3) is 0 Å². The molecule has 0 spiro atoms. The summed E-state index contributed by atoms with van der Waals surface area (Å²) < 4.78 is 32.0. The first-order valence-corrected chi connectivity index (χ1v) is 8.61. The van der Waals surface area contributed by atoms with Crippen molar-refractivity contribution in [2.75, 3.05) is 12.8 Å². The van der Waals surface area contributed by atoms with Gasteiger partial charge in [0, 0.05) is 6.20 Å². The minimum atomic E-state index is -1.30. The molecule has 5 nitrogen and oxygen atoms in total. The Morgan fingerprint density at radius 1 is 1.12 bits per heavy atom. The first kappa shape index (κ1) is 19.8. The number of benzene rings is 1. The van der Waals surface area contributed by atoms with Crippen LogP contribution >= 0.6 is 0 Å². The Morgan fingerprint density at radius 3 is 2.19 bits per heavy atom. The highest BCUT2D eigenvalue weighted by Gasteiger charge is 2.24. The van der Waals surface area contributed by atoms with E-state index >= 15 is 0 Å². The summed E-state index contributed by atoms with van der Waals surface area (Å²) >= 11 is 0. The molecule has 2 aromatic rings. The Labute approximate surface area is 151 Å². The van der Waals surface area contributed by atoms with Gasteiger partial charge in [-0.2, -0.15) is 0 Å². The summed E-state index contributed by atoms with van der Waals surface area (Å²) in [6.07, 6.45) is 10.2. The van der Waals surface area contributed by atoms with Gasteiger partial charge in [0.2, 0.25) is 5.78 Å². The Hall–Kier alpha value is -2.57. The van der Waals surface area contributed by atoms with Gasteiger partial charge in [0.05, 0.1) is 12.7 Å². The number of hydrogen-bond donors (Lipinski definition) is 1. The number of nitrogens with zero attached hydrogens (tertiary/aromatic N) is 2. The molecule has 2 N–H and O–H groups in total. The van der Waals surface area contributed by atoms with Crippen molar-refractivity contribution >= 4 is 11.6 Å².